The van der Waals surface area contributed by atoms with Gasteiger partial charge in [0.2, 0.25) is 0 Å². The van der Waals surface area contributed by atoms with Crippen molar-refractivity contribution in [3.8, 4) is 163 Å². The minimum atomic E-state index is 0.603. The van der Waals surface area contributed by atoms with Gasteiger partial charge >= 0.3 is 0 Å². The third-order valence-corrected chi connectivity index (χ3v) is 23.5. The molecule has 5 heterocycles. The molecular formula is C116H75N9. The number of nitrogens with zero attached hydrogens (tertiary/aromatic N) is 9. The Morgan fingerprint density at radius 3 is 0.752 bits per heavy atom. The van der Waals surface area contributed by atoms with Crippen LogP contribution in [0, 0.1) is 0 Å². The van der Waals surface area contributed by atoms with E-state index < -0.39 is 0 Å². The van der Waals surface area contributed by atoms with Crippen LogP contribution in [0.4, 0.5) is 0 Å². The van der Waals surface area contributed by atoms with E-state index in [1.165, 1.54) is 54.8 Å². The van der Waals surface area contributed by atoms with Crippen molar-refractivity contribution in [1.82, 2.24) is 44.4 Å². The lowest BCUT2D eigenvalue weighted by atomic mass is 9.92. The van der Waals surface area contributed by atoms with Crippen LogP contribution in [0.25, 0.3) is 228 Å². The maximum atomic E-state index is 5.39. The van der Waals surface area contributed by atoms with Gasteiger partial charge in [0.05, 0.1) is 33.5 Å². The van der Waals surface area contributed by atoms with Crippen molar-refractivity contribution in [1.29, 1.82) is 0 Å². The second-order valence-corrected chi connectivity index (χ2v) is 31.3. The summed E-state index contributed by atoms with van der Waals surface area (Å²) in [5.74, 6) is 3.67. The molecule has 23 aromatic rings. The third kappa shape index (κ3) is 14.6. The number of aromatic nitrogens is 9. The Hall–Kier alpha value is -16.9. The fourth-order valence-electron chi connectivity index (χ4n) is 17.5. The number of rotatable bonds is 15. The number of pyridine rings is 2. The Morgan fingerprint density at radius 1 is 0.144 bits per heavy atom. The van der Waals surface area contributed by atoms with E-state index in [-0.39, 0.29) is 0 Å². The Kier molecular flexibility index (Phi) is 19.5. The molecule has 0 atom stereocenters. The zero-order valence-corrected chi connectivity index (χ0v) is 67.8. The van der Waals surface area contributed by atoms with Gasteiger partial charge in [-0.05, 0) is 140 Å². The highest BCUT2D eigenvalue weighted by Gasteiger charge is 2.23. The molecule has 0 N–H and O–H groups in total. The van der Waals surface area contributed by atoms with Crippen LogP contribution in [0.1, 0.15) is 0 Å². The van der Waals surface area contributed by atoms with Gasteiger partial charge in [-0.1, -0.05) is 382 Å². The average molecular weight is 1590 g/mol. The smallest absolute Gasteiger partial charge is 0.164 e. The highest BCUT2D eigenvalue weighted by Crippen LogP contribution is 2.44. The highest BCUT2D eigenvalue weighted by atomic mass is 15.0. The topological polar surface area (TPSA) is 108 Å². The van der Waals surface area contributed by atoms with Gasteiger partial charge in [0.15, 0.2) is 34.9 Å². The molecule has 0 aliphatic heterocycles. The van der Waals surface area contributed by atoms with Crippen LogP contribution in [0.5, 0.6) is 0 Å². The van der Waals surface area contributed by atoms with Crippen LogP contribution >= 0.6 is 0 Å². The molecule has 0 amide bonds. The largest absolute Gasteiger partial charge is 0.309 e. The molecule has 0 radical (unpaired) electrons. The number of hydrogen-bond acceptors (Lipinski definition) is 8. The molecule has 0 spiro atoms. The number of benzene rings is 18. The first-order valence-corrected chi connectivity index (χ1v) is 42.1. The molecule has 0 fully saturated rings. The summed E-state index contributed by atoms with van der Waals surface area (Å²) in [7, 11) is 0. The molecule has 584 valence electrons. The number of fused-ring (bicyclic) bond motifs is 9. The van der Waals surface area contributed by atoms with E-state index in [9.17, 15) is 0 Å². The first-order valence-electron chi connectivity index (χ1n) is 42.1. The lowest BCUT2D eigenvalue weighted by Crippen LogP contribution is -2.00. The van der Waals surface area contributed by atoms with Crippen molar-refractivity contribution in [3.63, 3.8) is 0 Å². The quantitative estimate of drug-likeness (QED) is 0.0934. The van der Waals surface area contributed by atoms with Crippen LogP contribution in [-0.2, 0) is 0 Å². The van der Waals surface area contributed by atoms with Gasteiger partial charge in [0.25, 0.3) is 0 Å². The Bertz CT molecular complexity index is 7830. The second kappa shape index (κ2) is 32.7. The molecule has 9 nitrogen and oxygen atoms in total. The standard InChI is InChI=1S/C58H37N5.C58H38N4/c1-4-16-38(17-5-1)46-26-15-27-50-54(46)49-35-32-43(37-51(49)59-55(50)39-18-6-2-7-19-39)42-22-14-23-44(36-42)58-61-56(40-20-8-3-9-21-40)60-57(62-58)41-30-33-45(34-31-41)63-52-28-12-10-24-47(52)48-25-11-13-29-53(48)63;1-5-17-39(18-6-1)43-25-13-28-47(35-43)56-60-57(48-29-14-26-44(36-48)40-19-7-2-8-20-40)62-58(61-56)49-30-15-27-45(37-49)46-33-34-51-53(38-46)59-55(42-23-11-4-12-24-42)52-32-16-31-50(54(51)52)41-21-9-3-10-22-41/h1-37H;1-38H. The Morgan fingerprint density at radius 2 is 0.392 bits per heavy atom. The summed E-state index contributed by atoms with van der Waals surface area (Å²) in [6, 6.07) is 159. The maximum absolute atomic E-state index is 5.39. The van der Waals surface area contributed by atoms with Gasteiger partial charge in [-0.2, -0.15) is 0 Å². The molecule has 18 aromatic carbocycles. The Balaban J connectivity index is 0.000000148. The third-order valence-electron chi connectivity index (χ3n) is 23.5. The van der Waals surface area contributed by atoms with Gasteiger partial charge < -0.3 is 4.57 Å². The number of para-hydroxylation sites is 2. The van der Waals surface area contributed by atoms with Gasteiger partial charge in [-0.3, -0.25) is 0 Å². The lowest BCUT2D eigenvalue weighted by Gasteiger charge is -2.15. The molecule has 0 aliphatic carbocycles. The summed E-state index contributed by atoms with van der Waals surface area (Å²) in [5.41, 5.74) is 28.3. The van der Waals surface area contributed by atoms with E-state index in [0.717, 1.165) is 139 Å². The van der Waals surface area contributed by atoms with Crippen molar-refractivity contribution < 1.29 is 0 Å². The van der Waals surface area contributed by atoms with E-state index in [1.54, 1.807) is 0 Å². The summed E-state index contributed by atoms with van der Waals surface area (Å²) in [5, 5.41) is 9.34. The van der Waals surface area contributed by atoms with E-state index in [1.807, 2.05) is 42.5 Å². The molecule has 0 saturated carbocycles. The summed E-state index contributed by atoms with van der Waals surface area (Å²) >= 11 is 0. The van der Waals surface area contributed by atoms with E-state index in [2.05, 4.69) is 417 Å². The van der Waals surface area contributed by atoms with Crippen molar-refractivity contribution in [2.75, 3.05) is 0 Å². The molecule has 0 aliphatic rings. The Labute approximate surface area is 723 Å². The molecule has 9 heteroatoms. The molecule has 0 bridgehead atoms. The minimum Gasteiger partial charge on any atom is -0.309 e. The van der Waals surface area contributed by atoms with Crippen LogP contribution in [0.2, 0.25) is 0 Å². The predicted octanol–water partition coefficient (Wildman–Crippen LogP) is 29.6. The van der Waals surface area contributed by atoms with Gasteiger partial charge in [-0.15, -0.1) is 0 Å². The highest BCUT2D eigenvalue weighted by molar-refractivity contribution is 6.19. The van der Waals surface area contributed by atoms with Crippen LogP contribution in [-0.4, -0.2) is 44.4 Å². The summed E-state index contributed by atoms with van der Waals surface area (Å²) < 4.78 is 2.32. The fraction of sp³-hybridized carbons (Fsp3) is 0. The van der Waals surface area contributed by atoms with Gasteiger partial charge in [0.1, 0.15) is 0 Å². The molecule has 0 unspecified atom stereocenters. The monoisotopic (exact) mass is 1590 g/mol. The SMILES string of the molecule is c1ccc(-c2cccc(-c3nc(-c4cccc(-c5ccccc5)c4)nc(-c4cccc(-c5ccc6c(c5)nc(-c5ccccc5)c5cccc(-c7ccccc7)c56)c4)n3)c2)cc1.c1ccc(-c2nc(-c3ccc(-n4c5ccccc5c5ccccc54)cc3)nc(-c3cccc(-c4ccc5c(c4)nc(-c4ccccc4)c4cccc(-c6ccccc6)c45)c3)n2)cc1. The molecule has 5 aromatic heterocycles. The fourth-order valence-corrected chi connectivity index (χ4v) is 17.5. The molecular weight excluding hydrogens is 1520 g/mol. The molecule has 125 heavy (non-hydrogen) atoms. The number of hydrogen-bond donors (Lipinski definition) is 0. The lowest BCUT2D eigenvalue weighted by molar-refractivity contribution is 1.07. The molecule has 23 rings (SSSR count). The van der Waals surface area contributed by atoms with Crippen molar-refractivity contribution in [3.05, 3.63) is 455 Å². The summed E-state index contributed by atoms with van der Waals surface area (Å²) in [4.78, 5) is 41.6. The van der Waals surface area contributed by atoms with E-state index >= 15 is 0 Å². The van der Waals surface area contributed by atoms with E-state index in [0.29, 0.717) is 34.9 Å². The normalized spacial score (nSPS) is 11.4. The van der Waals surface area contributed by atoms with Crippen LogP contribution < -0.4 is 0 Å². The zero-order valence-electron chi connectivity index (χ0n) is 67.8. The summed E-state index contributed by atoms with van der Waals surface area (Å²) in [6.07, 6.45) is 0. The van der Waals surface area contributed by atoms with Gasteiger partial charge in [0, 0.05) is 93.3 Å². The van der Waals surface area contributed by atoms with Gasteiger partial charge in [-0.25, -0.2) is 39.9 Å². The predicted molar refractivity (Wildman–Crippen MR) is 516 cm³/mol. The first kappa shape index (κ1) is 74.4. The van der Waals surface area contributed by atoms with E-state index in [4.69, 9.17) is 39.9 Å². The zero-order chi connectivity index (χ0) is 82.9. The average Bonchev–Trinajstić information content (AvgIpc) is 1.44. The maximum Gasteiger partial charge on any atom is 0.164 e. The second-order valence-electron chi connectivity index (χ2n) is 31.3. The van der Waals surface area contributed by atoms with Crippen molar-refractivity contribution in [2.24, 2.45) is 0 Å². The van der Waals surface area contributed by atoms with Crippen LogP contribution in [0.15, 0.2) is 455 Å². The first-order chi connectivity index (χ1) is 61.9. The summed E-state index contributed by atoms with van der Waals surface area (Å²) in [6.45, 7) is 0. The minimum absolute atomic E-state index is 0.603. The van der Waals surface area contributed by atoms with Crippen LogP contribution in [0.3, 0.4) is 0 Å². The van der Waals surface area contributed by atoms with Crippen molar-refractivity contribution in [2.45, 2.75) is 0 Å². The molecule has 0 saturated heterocycles. The van der Waals surface area contributed by atoms with Crippen molar-refractivity contribution >= 4 is 65.2 Å².